The van der Waals surface area contributed by atoms with E-state index in [1.807, 2.05) is 24.3 Å². The fourth-order valence-corrected chi connectivity index (χ4v) is 4.92. The van der Waals surface area contributed by atoms with Gasteiger partial charge in [0.05, 0.1) is 12.1 Å². The summed E-state index contributed by atoms with van der Waals surface area (Å²) in [5.41, 5.74) is -0.426. The second-order valence-electron chi connectivity index (χ2n) is 6.63. The van der Waals surface area contributed by atoms with E-state index in [4.69, 9.17) is 34.8 Å². The zero-order valence-electron chi connectivity index (χ0n) is 13.2. The first-order valence-electron chi connectivity index (χ1n) is 7.94. The van der Waals surface area contributed by atoms with E-state index in [9.17, 15) is 5.11 Å². The van der Waals surface area contributed by atoms with Gasteiger partial charge in [0.2, 0.25) is 0 Å². The highest BCUT2D eigenvalue weighted by molar-refractivity contribution is 6.30. The number of aliphatic hydroxyl groups is 1. The van der Waals surface area contributed by atoms with Crippen LogP contribution in [0.15, 0.2) is 36.9 Å². The lowest BCUT2D eigenvalue weighted by Crippen LogP contribution is -2.54. The van der Waals surface area contributed by atoms with Gasteiger partial charge in [-0.25, -0.2) is 4.98 Å². The quantitative estimate of drug-likeness (QED) is 0.766. The number of halogens is 3. The van der Waals surface area contributed by atoms with Crippen molar-refractivity contribution >= 4 is 34.8 Å². The lowest BCUT2D eigenvalue weighted by Gasteiger charge is -2.43. The molecule has 1 aromatic carbocycles. The van der Waals surface area contributed by atoms with E-state index < -0.39 is 11.0 Å². The normalized spacial score (nSPS) is 25.9. The standard InChI is InChI=1S/C17H20Cl3N3O/c18-8-16(9-19)6-5-14(7-13-1-3-15(20)4-2-13)17(16,24)10-23-12-21-11-22-23/h1-4,11-12,14,24H,5-10H2. The molecule has 2 atom stereocenters. The van der Waals surface area contributed by atoms with Gasteiger partial charge in [-0.1, -0.05) is 23.7 Å². The fraction of sp³-hybridized carbons (Fsp3) is 0.529. The third-order valence-electron chi connectivity index (χ3n) is 5.34. The van der Waals surface area contributed by atoms with Crippen LogP contribution in [0.3, 0.4) is 0 Å². The molecule has 1 heterocycles. The Morgan fingerprint density at radius 1 is 1.21 bits per heavy atom. The lowest BCUT2D eigenvalue weighted by molar-refractivity contribution is -0.0875. The number of nitrogens with zero attached hydrogens (tertiary/aromatic N) is 3. The topological polar surface area (TPSA) is 50.9 Å². The van der Waals surface area contributed by atoms with Crippen LogP contribution in [0.4, 0.5) is 0 Å². The molecule has 1 aromatic heterocycles. The summed E-state index contributed by atoms with van der Waals surface area (Å²) in [7, 11) is 0. The Morgan fingerprint density at radius 2 is 1.92 bits per heavy atom. The molecule has 1 aliphatic rings. The molecule has 2 aromatic rings. The van der Waals surface area contributed by atoms with Crippen molar-refractivity contribution < 1.29 is 5.11 Å². The van der Waals surface area contributed by atoms with Crippen LogP contribution in [-0.4, -0.2) is 37.2 Å². The van der Waals surface area contributed by atoms with Gasteiger partial charge in [-0.05, 0) is 42.9 Å². The zero-order chi connectivity index (χ0) is 17.2. The minimum atomic E-state index is -1.04. The Balaban J connectivity index is 1.90. The molecule has 4 nitrogen and oxygen atoms in total. The summed E-state index contributed by atoms with van der Waals surface area (Å²) in [4.78, 5) is 3.97. The molecule has 0 bridgehead atoms. The van der Waals surface area contributed by atoms with Crippen molar-refractivity contribution in [2.75, 3.05) is 11.8 Å². The molecule has 24 heavy (non-hydrogen) atoms. The third-order valence-corrected chi connectivity index (χ3v) is 6.62. The van der Waals surface area contributed by atoms with E-state index in [1.165, 1.54) is 6.33 Å². The number of aromatic nitrogens is 3. The van der Waals surface area contributed by atoms with Gasteiger partial charge in [-0.15, -0.1) is 23.2 Å². The van der Waals surface area contributed by atoms with E-state index in [1.54, 1.807) is 11.0 Å². The number of hydrogen-bond donors (Lipinski definition) is 1. The number of hydrogen-bond acceptors (Lipinski definition) is 3. The first-order chi connectivity index (χ1) is 11.5. The average molecular weight is 389 g/mol. The zero-order valence-corrected chi connectivity index (χ0v) is 15.5. The van der Waals surface area contributed by atoms with Gasteiger partial charge < -0.3 is 5.11 Å². The molecule has 130 valence electrons. The summed E-state index contributed by atoms with van der Waals surface area (Å²) < 4.78 is 1.66. The summed E-state index contributed by atoms with van der Waals surface area (Å²) in [6, 6.07) is 7.75. The summed E-state index contributed by atoms with van der Waals surface area (Å²) >= 11 is 18.5. The van der Waals surface area contributed by atoms with Gasteiger partial charge in [-0.3, -0.25) is 4.68 Å². The first kappa shape index (κ1) is 18.0. The molecule has 1 saturated carbocycles. The third kappa shape index (κ3) is 3.17. The molecule has 0 radical (unpaired) electrons. The maximum Gasteiger partial charge on any atom is 0.137 e. The smallest absolute Gasteiger partial charge is 0.137 e. The summed E-state index contributed by atoms with van der Waals surface area (Å²) in [5, 5.41) is 16.5. The first-order valence-corrected chi connectivity index (χ1v) is 9.39. The molecule has 0 amide bonds. The highest BCUT2D eigenvalue weighted by Crippen LogP contribution is 2.53. The Morgan fingerprint density at radius 3 is 2.50 bits per heavy atom. The van der Waals surface area contributed by atoms with Gasteiger partial charge in [0.15, 0.2) is 0 Å². The molecule has 3 rings (SSSR count). The second-order valence-corrected chi connectivity index (χ2v) is 7.60. The molecule has 1 fully saturated rings. The van der Waals surface area contributed by atoms with E-state index in [0.29, 0.717) is 23.3 Å². The molecule has 7 heteroatoms. The van der Waals surface area contributed by atoms with Crippen LogP contribution in [0.1, 0.15) is 18.4 Å². The van der Waals surface area contributed by atoms with Crippen molar-refractivity contribution in [2.45, 2.75) is 31.4 Å². The highest BCUT2D eigenvalue weighted by atomic mass is 35.5. The van der Waals surface area contributed by atoms with E-state index >= 15 is 0 Å². The van der Waals surface area contributed by atoms with Gasteiger partial charge >= 0.3 is 0 Å². The number of benzene rings is 1. The lowest BCUT2D eigenvalue weighted by atomic mass is 9.72. The predicted octanol–water partition coefficient (Wildman–Crippen LogP) is 3.78. The fourth-order valence-electron chi connectivity index (χ4n) is 3.77. The summed E-state index contributed by atoms with van der Waals surface area (Å²) in [6.45, 7) is 0.338. The van der Waals surface area contributed by atoms with E-state index in [-0.39, 0.29) is 5.92 Å². The molecule has 0 aliphatic heterocycles. The SMILES string of the molecule is OC1(Cn2cncn2)C(Cc2ccc(Cl)cc2)CCC1(CCl)CCl. The van der Waals surface area contributed by atoms with Gasteiger partial charge in [-0.2, -0.15) is 5.10 Å². The Hall–Kier alpha value is -0.810. The number of alkyl halides is 2. The van der Waals surface area contributed by atoms with Crippen LogP contribution in [-0.2, 0) is 13.0 Å². The molecule has 0 saturated heterocycles. The van der Waals surface area contributed by atoms with Crippen LogP contribution in [0.5, 0.6) is 0 Å². The van der Waals surface area contributed by atoms with Crippen LogP contribution in [0.25, 0.3) is 0 Å². The molecule has 1 aliphatic carbocycles. The minimum Gasteiger partial charge on any atom is -0.387 e. The molecular formula is C17H20Cl3N3O. The van der Waals surface area contributed by atoms with Gasteiger partial charge in [0, 0.05) is 22.2 Å². The average Bonchev–Trinajstić information content (AvgIpc) is 3.17. The Kier molecular flexibility index (Phi) is 5.40. The van der Waals surface area contributed by atoms with Crippen LogP contribution in [0.2, 0.25) is 5.02 Å². The molecule has 1 N–H and O–H groups in total. The molecular weight excluding hydrogens is 369 g/mol. The monoisotopic (exact) mass is 387 g/mol. The maximum atomic E-state index is 11.7. The van der Waals surface area contributed by atoms with Crippen molar-refractivity contribution in [2.24, 2.45) is 11.3 Å². The molecule has 0 spiro atoms. The molecule has 2 unspecified atom stereocenters. The van der Waals surface area contributed by atoms with Crippen molar-refractivity contribution in [3.8, 4) is 0 Å². The second kappa shape index (κ2) is 7.20. The van der Waals surface area contributed by atoms with Crippen molar-refractivity contribution in [1.82, 2.24) is 14.8 Å². The summed E-state index contributed by atoms with van der Waals surface area (Å²) in [6.07, 6.45) is 5.49. The highest BCUT2D eigenvalue weighted by Gasteiger charge is 2.58. The van der Waals surface area contributed by atoms with Crippen molar-refractivity contribution in [3.63, 3.8) is 0 Å². The van der Waals surface area contributed by atoms with Crippen molar-refractivity contribution in [3.05, 3.63) is 47.5 Å². The largest absolute Gasteiger partial charge is 0.387 e. The van der Waals surface area contributed by atoms with Gasteiger partial charge in [0.25, 0.3) is 0 Å². The van der Waals surface area contributed by atoms with Gasteiger partial charge in [0.1, 0.15) is 12.7 Å². The van der Waals surface area contributed by atoms with E-state index in [2.05, 4.69) is 10.1 Å². The minimum absolute atomic E-state index is 0.0420. The Labute approximate surface area is 156 Å². The summed E-state index contributed by atoms with van der Waals surface area (Å²) in [5.74, 6) is 0.679. The van der Waals surface area contributed by atoms with Crippen molar-refractivity contribution in [1.29, 1.82) is 0 Å². The predicted molar refractivity (Wildman–Crippen MR) is 96.7 cm³/mol. The van der Waals surface area contributed by atoms with E-state index in [0.717, 1.165) is 24.8 Å². The van der Waals surface area contributed by atoms with Crippen LogP contribution in [0, 0.1) is 11.3 Å². The van der Waals surface area contributed by atoms with Crippen LogP contribution < -0.4 is 0 Å². The Bertz CT molecular complexity index is 658. The van der Waals surface area contributed by atoms with Crippen LogP contribution >= 0.6 is 34.8 Å². The maximum absolute atomic E-state index is 11.7. The number of rotatable bonds is 6.